The predicted molar refractivity (Wildman–Crippen MR) is 95.3 cm³/mol. The molecule has 1 heterocycles. The van der Waals surface area contributed by atoms with Crippen molar-refractivity contribution in [3.8, 4) is 11.5 Å². The third-order valence-electron chi connectivity index (χ3n) is 4.53. The minimum absolute atomic E-state index is 0.223. The van der Waals surface area contributed by atoms with Gasteiger partial charge in [0.2, 0.25) is 0 Å². The van der Waals surface area contributed by atoms with Crippen LogP contribution in [-0.4, -0.2) is 10.7 Å². The Labute approximate surface area is 142 Å². The van der Waals surface area contributed by atoms with Crippen molar-refractivity contribution < 1.29 is 9.84 Å². The molecule has 23 heavy (non-hydrogen) atoms. The van der Waals surface area contributed by atoms with Gasteiger partial charge in [-0.1, -0.05) is 23.7 Å². The van der Waals surface area contributed by atoms with E-state index in [4.69, 9.17) is 16.3 Å². The van der Waals surface area contributed by atoms with Gasteiger partial charge in [0.1, 0.15) is 17.1 Å². The lowest BCUT2D eigenvalue weighted by Gasteiger charge is -2.36. The van der Waals surface area contributed by atoms with Crippen molar-refractivity contribution in [2.75, 3.05) is 0 Å². The Morgan fingerprint density at radius 1 is 1.09 bits per heavy atom. The molecule has 0 saturated heterocycles. The third kappa shape index (κ3) is 2.96. The Morgan fingerprint density at radius 2 is 1.83 bits per heavy atom. The van der Waals surface area contributed by atoms with Crippen LogP contribution in [0, 0.1) is 6.92 Å². The summed E-state index contributed by atoms with van der Waals surface area (Å²) in [5, 5.41) is 10.5. The highest BCUT2D eigenvalue weighted by molar-refractivity contribution is 6.31. The monoisotopic (exact) mass is 328 g/mol. The Kier molecular flexibility index (Phi) is 3.89. The van der Waals surface area contributed by atoms with E-state index in [-0.39, 0.29) is 5.75 Å². The summed E-state index contributed by atoms with van der Waals surface area (Å²) in [6.07, 6.45) is 0.791. The molecular formula is C20H21ClO2. The number of phenolic OH excluding ortho intramolecular Hbond substituents is 1. The fourth-order valence-electron chi connectivity index (χ4n) is 3.15. The zero-order valence-electron chi connectivity index (χ0n) is 13.9. The van der Waals surface area contributed by atoms with Gasteiger partial charge in [-0.15, -0.1) is 0 Å². The number of hydrogen-bond donors (Lipinski definition) is 1. The number of halogens is 1. The Hall–Kier alpha value is -1.93. The molecule has 120 valence electrons. The molecule has 0 amide bonds. The lowest BCUT2D eigenvalue weighted by molar-refractivity contribution is 0.141. The quantitative estimate of drug-likeness (QED) is 0.784. The second kappa shape index (κ2) is 5.61. The summed E-state index contributed by atoms with van der Waals surface area (Å²) < 4.78 is 6.16. The molecule has 0 saturated carbocycles. The summed E-state index contributed by atoms with van der Waals surface area (Å²) in [4.78, 5) is 0. The number of ether oxygens (including phenoxy) is 1. The third-order valence-corrected chi connectivity index (χ3v) is 4.94. The minimum atomic E-state index is -0.428. The molecule has 3 heteroatoms. The topological polar surface area (TPSA) is 29.5 Å². The van der Waals surface area contributed by atoms with Crippen LogP contribution in [-0.2, 0) is 6.42 Å². The highest BCUT2D eigenvalue weighted by Gasteiger charge is 2.33. The van der Waals surface area contributed by atoms with Crippen molar-refractivity contribution in [1.29, 1.82) is 0 Å². The summed E-state index contributed by atoms with van der Waals surface area (Å²) in [5.41, 5.74) is 5.30. The van der Waals surface area contributed by atoms with E-state index >= 15 is 0 Å². The van der Waals surface area contributed by atoms with Crippen LogP contribution in [0.2, 0.25) is 5.02 Å². The van der Waals surface area contributed by atoms with E-state index in [0.717, 1.165) is 28.3 Å². The van der Waals surface area contributed by atoms with Crippen molar-refractivity contribution in [1.82, 2.24) is 0 Å². The number of benzene rings is 2. The Balaban J connectivity index is 2.06. The number of aryl methyl sites for hydroxylation is 1. The molecule has 0 spiro atoms. The molecule has 2 nitrogen and oxygen atoms in total. The van der Waals surface area contributed by atoms with E-state index in [2.05, 4.69) is 32.9 Å². The molecule has 0 aromatic heterocycles. The van der Waals surface area contributed by atoms with Gasteiger partial charge in [-0.2, -0.15) is 0 Å². The molecule has 1 aliphatic rings. The van der Waals surface area contributed by atoms with Crippen molar-refractivity contribution in [2.24, 2.45) is 0 Å². The fraction of sp³-hybridized carbons (Fsp3) is 0.300. The molecular weight excluding hydrogens is 308 g/mol. The molecule has 0 bridgehead atoms. The van der Waals surface area contributed by atoms with Gasteiger partial charge in [-0.3, -0.25) is 0 Å². The van der Waals surface area contributed by atoms with Crippen LogP contribution < -0.4 is 4.74 Å². The number of fused-ring (bicyclic) bond motifs is 1. The number of phenols is 1. The van der Waals surface area contributed by atoms with Gasteiger partial charge in [0.15, 0.2) is 0 Å². The number of allylic oxidation sites excluding steroid dienone is 1. The Bertz CT molecular complexity index is 803. The maximum atomic E-state index is 9.69. The molecule has 2 aromatic rings. The van der Waals surface area contributed by atoms with Crippen molar-refractivity contribution in [3.05, 3.63) is 63.7 Å². The number of rotatable bonds is 2. The van der Waals surface area contributed by atoms with E-state index in [0.29, 0.717) is 0 Å². The molecule has 3 rings (SSSR count). The zero-order chi connectivity index (χ0) is 16.8. The normalized spacial score (nSPS) is 16.0. The van der Waals surface area contributed by atoms with Gasteiger partial charge < -0.3 is 9.84 Å². The van der Waals surface area contributed by atoms with Crippen LogP contribution in [0.15, 0.2) is 42.0 Å². The Morgan fingerprint density at radius 3 is 2.52 bits per heavy atom. The SMILES string of the molecule is CC1=C(Cc2ccc(C)c(Cl)c2)C(C)(C)Oc2cc(O)ccc21. The molecule has 0 fully saturated rings. The average Bonchev–Trinajstić information content (AvgIpc) is 2.46. The van der Waals surface area contributed by atoms with Crippen molar-refractivity contribution in [2.45, 2.75) is 39.7 Å². The predicted octanol–water partition coefficient (Wildman–Crippen LogP) is 5.54. The highest BCUT2D eigenvalue weighted by Crippen LogP contribution is 2.43. The first-order chi connectivity index (χ1) is 10.8. The average molecular weight is 329 g/mol. The molecule has 0 unspecified atom stereocenters. The lowest BCUT2D eigenvalue weighted by Crippen LogP contribution is -2.35. The van der Waals surface area contributed by atoms with E-state index in [1.54, 1.807) is 12.1 Å². The maximum Gasteiger partial charge on any atom is 0.131 e. The fourth-order valence-corrected chi connectivity index (χ4v) is 3.35. The van der Waals surface area contributed by atoms with Gasteiger partial charge >= 0.3 is 0 Å². The van der Waals surface area contributed by atoms with Crippen molar-refractivity contribution in [3.63, 3.8) is 0 Å². The number of aromatic hydroxyl groups is 1. The summed E-state index contributed by atoms with van der Waals surface area (Å²) in [7, 11) is 0. The minimum Gasteiger partial charge on any atom is -0.508 e. The van der Waals surface area contributed by atoms with E-state index in [1.165, 1.54) is 16.7 Å². The lowest BCUT2D eigenvalue weighted by atomic mass is 9.83. The van der Waals surface area contributed by atoms with E-state index < -0.39 is 5.60 Å². The molecule has 0 aliphatic carbocycles. The van der Waals surface area contributed by atoms with Crippen LogP contribution in [0.25, 0.3) is 5.57 Å². The van der Waals surface area contributed by atoms with Gasteiger partial charge in [0.05, 0.1) is 0 Å². The molecule has 2 aromatic carbocycles. The standard InChI is InChI=1S/C20H21ClO2/c1-12-5-6-14(10-18(12)21)9-17-13(2)16-8-7-15(22)11-19(16)23-20(17,3)4/h5-8,10-11,22H,9H2,1-4H3. The first-order valence-electron chi connectivity index (χ1n) is 7.75. The molecule has 1 N–H and O–H groups in total. The first-order valence-corrected chi connectivity index (χ1v) is 8.13. The first kappa shape index (κ1) is 15.9. The zero-order valence-corrected chi connectivity index (χ0v) is 14.7. The van der Waals surface area contributed by atoms with Crippen LogP contribution in [0.4, 0.5) is 0 Å². The molecule has 1 aliphatic heterocycles. The second-order valence-corrected chi connectivity index (χ2v) is 7.06. The smallest absolute Gasteiger partial charge is 0.131 e. The van der Waals surface area contributed by atoms with Gasteiger partial charge in [-0.25, -0.2) is 0 Å². The van der Waals surface area contributed by atoms with Crippen LogP contribution in [0.1, 0.15) is 37.5 Å². The second-order valence-electron chi connectivity index (χ2n) is 6.66. The van der Waals surface area contributed by atoms with E-state index in [9.17, 15) is 5.11 Å². The largest absolute Gasteiger partial charge is 0.508 e. The van der Waals surface area contributed by atoms with Crippen LogP contribution in [0.5, 0.6) is 11.5 Å². The maximum absolute atomic E-state index is 9.69. The highest BCUT2D eigenvalue weighted by atomic mass is 35.5. The van der Waals surface area contributed by atoms with E-state index in [1.807, 2.05) is 19.1 Å². The van der Waals surface area contributed by atoms with Gasteiger partial charge in [0.25, 0.3) is 0 Å². The van der Waals surface area contributed by atoms with Gasteiger partial charge in [0, 0.05) is 16.7 Å². The summed E-state index contributed by atoms with van der Waals surface area (Å²) in [6.45, 7) is 8.25. The van der Waals surface area contributed by atoms with Crippen LogP contribution >= 0.6 is 11.6 Å². The summed E-state index contributed by atoms with van der Waals surface area (Å²) in [5.74, 6) is 0.958. The van der Waals surface area contributed by atoms with Gasteiger partial charge in [-0.05, 0) is 74.6 Å². The summed E-state index contributed by atoms with van der Waals surface area (Å²) >= 11 is 6.26. The van der Waals surface area contributed by atoms with Crippen LogP contribution in [0.3, 0.4) is 0 Å². The molecule has 0 radical (unpaired) electrons. The molecule has 0 atom stereocenters. The summed E-state index contributed by atoms with van der Waals surface area (Å²) in [6, 6.07) is 11.5. The number of hydrogen-bond acceptors (Lipinski definition) is 2. The van der Waals surface area contributed by atoms with Crippen molar-refractivity contribution >= 4 is 17.2 Å².